The molecule has 2 N–H and O–H groups in total. The molecule has 3 aromatic rings. The molecule has 0 saturated carbocycles. The van der Waals surface area contributed by atoms with E-state index in [1.54, 1.807) is 12.3 Å². The molecular weight excluding hydrogens is 357 g/mol. The largest absolute Gasteiger partial charge is 0.416 e. The summed E-state index contributed by atoms with van der Waals surface area (Å²) in [4.78, 5) is 13.3. The van der Waals surface area contributed by atoms with Crippen LogP contribution in [0.25, 0.3) is 10.9 Å². The van der Waals surface area contributed by atoms with E-state index in [1.807, 2.05) is 13.8 Å². The lowest BCUT2D eigenvalue weighted by Gasteiger charge is -2.19. The van der Waals surface area contributed by atoms with E-state index in [9.17, 15) is 13.2 Å². The van der Waals surface area contributed by atoms with Gasteiger partial charge in [-0.3, -0.25) is 5.43 Å². The van der Waals surface area contributed by atoms with Gasteiger partial charge in [0.2, 0.25) is 0 Å². The van der Waals surface area contributed by atoms with Gasteiger partial charge in [0, 0.05) is 41.8 Å². The molecule has 0 aliphatic heterocycles. The second kappa shape index (κ2) is 7.65. The van der Waals surface area contributed by atoms with Crippen molar-refractivity contribution in [2.24, 2.45) is 5.10 Å². The van der Waals surface area contributed by atoms with Crippen molar-refractivity contribution in [3.05, 3.63) is 47.9 Å². The molecule has 0 aliphatic carbocycles. The molecule has 0 amide bonds. The zero-order chi connectivity index (χ0) is 19.4. The molecule has 2 heterocycles. The maximum atomic E-state index is 12.9. The van der Waals surface area contributed by atoms with Gasteiger partial charge in [-0.25, -0.2) is 9.97 Å². The van der Waals surface area contributed by atoms with E-state index < -0.39 is 11.7 Å². The first-order chi connectivity index (χ1) is 12.9. The maximum Gasteiger partial charge on any atom is 0.416 e. The van der Waals surface area contributed by atoms with E-state index in [1.165, 1.54) is 18.6 Å². The van der Waals surface area contributed by atoms with Crippen LogP contribution in [-0.4, -0.2) is 34.3 Å². The van der Waals surface area contributed by atoms with Crippen molar-refractivity contribution in [3.63, 3.8) is 0 Å². The van der Waals surface area contributed by atoms with Gasteiger partial charge >= 0.3 is 6.18 Å². The van der Waals surface area contributed by atoms with Crippen molar-refractivity contribution >= 4 is 28.8 Å². The van der Waals surface area contributed by atoms with E-state index in [4.69, 9.17) is 0 Å². The number of nitrogens with zero attached hydrogens (tertiary/aromatic N) is 4. The quantitative estimate of drug-likeness (QED) is 0.498. The van der Waals surface area contributed by atoms with Crippen LogP contribution in [0.5, 0.6) is 0 Å². The summed E-state index contributed by atoms with van der Waals surface area (Å²) in [5.41, 5.74) is 3.24. The van der Waals surface area contributed by atoms with E-state index in [0.29, 0.717) is 22.3 Å². The SMILES string of the molecule is CCN(CC)c1cc(N/N=C/c2c[nH]c3ccc(C(F)(F)F)cc23)ncn1. The fourth-order valence-electron chi connectivity index (χ4n) is 2.72. The first-order valence-corrected chi connectivity index (χ1v) is 8.46. The Bertz CT molecular complexity index is 944. The monoisotopic (exact) mass is 376 g/mol. The average molecular weight is 376 g/mol. The molecule has 0 aliphatic rings. The molecule has 142 valence electrons. The molecule has 0 unspecified atom stereocenters. The van der Waals surface area contributed by atoms with Gasteiger partial charge < -0.3 is 9.88 Å². The Morgan fingerprint density at radius 3 is 2.67 bits per heavy atom. The predicted molar refractivity (Wildman–Crippen MR) is 100 cm³/mol. The minimum absolute atomic E-state index is 0.446. The number of fused-ring (bicyclic) bond motifs is 1. The van der Waals surface area contributed by atoms with Crippen LogP contribution >= 0.6 is 0 Å². The zero-order valence-corrected chi connectivity index (χ0v) is 14.9. The lowest BCUT2D eigenvalue weighted by Crippen LogP contribution is -2.23. The second-order valence-electron chi connectivity index (χ2n) is 5.81. The van der Waals surface area contributed by atoms with Gasteiger partial charge in [-0.1, -0.05) is 0 Å². The van der Waals surface area contributed by atoms with Crippen molar-refractivity contribution in [1.29, 1.82) is 0 Å². The highest BCUT2D eigenvalue weighted by Crippen LogP contribution is 2.32. The van der Waals surface area contributed by atoms with E-state index in [2.05, 4.69) is 30.4 Å². The van der Waals surface area contributed by atoms with Crippen LogP contribution in [0.15, 0.2) is 41.9 Å². The van der Waals surface area contributed by atoms with Crippen molar-refractivity contribution in [1.82, 2.24) is 15.0 Å². The Morgan fingerprint density at radius 1 is 1.19 bits per heavy atom. The van der Waals surface area contributed by atoms with E-state index >= 15 is 0 Å². The zero-order valence-electron chi connectivity index (χ0n) is 14.9. The van der Waals surface area contributed by atoms with Gasteiger partial charge in [0.05, 0.1) is 11.8 Å². The Hall–Kier alpha value is -3.10. The van der Waals surface area contributed by atoms with Crippen LogP contribution in [0, 0.1) is 0 Å². The van der Waals surface area contributed by atoms with Gasteiger partial charge in [0.25, 0.3) is 0 Å². The maximum absolute atomic E-state index is 12.9. The fourth-order valence-corrected chi connectivity index (χ4v) is 2.72. The lowest BCUT2D eigenvalue weighted by molar-refractivity contribution is -0.137. The van der Waals surface area contributed by atoms with Gasteiger partial charge in [0.15, 0.2) is 5.82 Å². The van der Waals surface area contributed by atoms with Crippen LogP contribution in [0.2, 0.25) is 0 Å². The minimum atomic E-state index is -4.39. The van der Waals surface area contributed by atoms with Gasteiger partial charge in [-0.05, 0) is 32.0 Å². The number of aromatic amines is 1. The van der Waals surface area contributed by atoms with E-state index in [0.717, 1.165) is 31.0 Å². The Labute approximate surface area is 154 Å². The van der Waals surface area contributed by atoms with Gasteiger partial charge in [-0.15, -0.1) is 0 Å². The number of alkyl halides is 3. The van der Waals surface area contributed by atoms with Crippen molar-refractivity contribution in [2.75, 3.05) is 23.4 Å². The molecule has 0 atom stereocenters. The first-order valence-electron chi connectivity index (χ1n) is 8.46. The Morgan fingerprint density at radius 2 is 1.96 bits per heavy atom. The molecule has 9 heteroatoms. The summed E-state index contributed by atoms with van der Waals surface area (Å²) in [5.74, 6) is 1.27. The summed E-state index contributed by atoms with van der Waals surface area (Å²) >= 11 is 0. The molecular formula is C18H19F3N6. The number of hydrogen-bond acceptors (Lipinski definition) is 5. The summed E-state index contributed by atoms with van der Waals surface area (Å²) in [7, 11) is 0. The van der Waals surface area contributed by atoms with Crippen molar-refractivity contribution in [3.8, 4) is 0 Å². The standard InChI is InChI=1S/C18H19F3N6/c1-3-27(4-2)17-8-16(23-11-24-17)26-25-10-12-9-22-15-6-5-13(7-14(12)15)18(19,20)21/h5-11,22H,3-4H2,1-2H3,(H,23,24,26)/b25-10+. The molecule has 0 spiro atoms. The molecule has 0 radical (unpaired) electrons. The van der Waals surface area contributed by atoms with Crippen LogP contribution in [0.3, 0.4) is 0 Å². The number of benzene rings is 1. The smallest absolute Gasteiger partial charge is 0.361 e. The molecule has 0 bridgehead atoms. The third-order valence-electron chi connectivity index (χ3n) is 4.16. The average Bonchev–Trinajstić information content (AvgIpc) is 3.05. The molecule has 1 aromatic carbocycles. The topological polar surface area (TPSA) is 69.2 Å². The van der Waals surface area contributed by atoms with Crippen LogP contribution in [-0.2, 0) is 6.18 Å². The highest BCUT2D eigenvalue weighted by atomic mass is 19.4. The Kier molecular flexibility index (Phi) is 5.29. The van der Waals surface area contributed by atoms with E-state index in [-0.39, 0.29) is 0 Å². The fraction of sp³-hybridized carbons (Fsp3) is 0.278. The molecule has 2 aromatic heterocycles. The summed E-state index contributed by atoms with van der Waals surface area (Å²) in [6.45, 7) is 5.69. The van der Waals surface area contributed by atoms with Gasteiger partial charge in [0.1, 0.15) is 12.1 Å². The molecule has 6 nitrogen and oxygen atoms in total. The van der Waals surface area contributed by atoms with Crippen molar-refractivity contribution in [2.45, 2.75) is 20.0 Å². The molecule has 0 fully saturated rings. The summed E-state index contributed by atoms with van der Waals surface area (Å²) < 4.78 is 38.7. The highest BCUT2D eigenvalue weighted by Gasteiger charge is 2.30. The number of H-pyrrole nitrogens is 1. The Balaban J connectivity index is 1.80. The lowest BCUT2D eigenvalue weighted by atomic mass is 10.1. The summed E-state index contributed by atoms with van der Waals surface area (Å²) in [6.07, 6.45) is 0.113. The summed E-state index contributed by atoms with van der Waals surface area (Å²) in [5, 5.41) is 4.54. The minimum Gasteiger partial charge on any atom is -0.361 e. The second-order valence-corrected chi connectivity index (χ2v) is 5.81. The number of halogens is 3. The predicted octanol–water partition coefficient (Wildman–Crippen LogP) is 4.27. The highest BCUT2D eigenvalue weighted by molar-refractivity contribution is 5.99. The van der Waals surface area contributed by atoms with Crippen LogP contribution in [0.1, 0.15) is 25.0 Å². The number of hydrogen-bond donors (Lipinski definition) is 2. The van der Waals surface area contributed by atoms with Crippen LogP contribution < -0.4 is 10.3 Å². The normalized spacial score (nSPS) is 12.0. The van der Waals surface area contributed by atoms with Crippen molar-refractivity contribution < 1.29 is 13.2 Å². The number of nitrogens with one attached hydrogen (secondary N) is 2. The van der Waals surface area contributed by atoms with Crippen LogP contribution in [0.4, 0.5) is 24.8 Å². The molecule has 0 saturated heterocycles. The van der Waals surface area contributed by atoms with Gasteiger partial charge in [-0.2, -0.15) is 18.3 Å². The number of hydrazone groups is 1. The molecule has 3 rings (SSSR count). The molecule has 27 heavy (non-hydrogen) atoms. The third kappa shape index (κ3) is 4.18. The third-order valence-corrected chi connectivity index (χ3v) is 4.16. The number of anilines is 2. The first kappa shape index (κ1) is 18.7. The number of aromatic nitrogens is 3. The summed E-state index contributed by atoms with van der Waals surface area (Å²) in [6, 6.07) is 5.33. The number of rotatable bonds is 6.